The zero-order chi connectivity index (χ0) is 20.1. The number of benzene rings is 2. The number of methoxy groups -OCH3 is 1. The molecule has 3 rings (SSSR count). The van der Waals surface area contributed by atoms with Crippen molar-refractivity contribution in [3.8, 4) is 5.75 Å². The van der Waals surface area contributed by atoms with Gasteiger partial charge in [-0.25, -0.2) is 0 Å². The predicted octanol–water partition coefficient (Wildman–Crippen LogP) is 5.09. The van der Waals surface area contributed by atoms with Crippen molar-refractivity contribution in [3.05, 3.63) is 84.5 Å². The van der Waals surface area contributed by atoms with Crippen LogP contribution in [0.1, 0.15) is 24.5 Å². The Bertz CT molecular complexity index is 928. The number of ether oxygens (including phenoxy) is 1. The van der Waals surface area contributed by atoms with E-state index in [2.05, 4.69) is 11.7 Å². The lowest BCUT2D eigenvalue weighted by Crippen LogP contribution is -2.40. The Morgan fingerprint density at radius 1 is 1.18 bits per heavy atom. The number of anilines is 1. The second-order valence-corrected chi connectivity index (χ2v) is 7.12. The molecule has 0 saturated carbocycles. The smallest absolute Gasteiger partial charge is 0.260 e. The SMILES string of the molecule is C=C/C=C\C[C@]1(Cc2cccc(OC)c2)C(=O)N(c2ccc(C)cc2)N=C1C. The summed E-state index contributed by atoms with van der Waals surface area (Å²) in [6.07, 6.45) is 6.71. The highest BCUT2D eigenvalue weighted by atomic mass is 16.5. The minimum absolute atomic E-state index is 0.00890. The summed E-state index contributed by atoms with van der Waals surface area (Å²) < 4.78 is 5.35. The van der Waals surface area contributed by atoms with E-state index in [4.69, 9.17) is 4.74 Å². The van der Waals surface area contributed by atoms with Crippen molar-refractivity contribution >= 4 is 17.3 Å². The summed E-state index contributed by atoms with van der Waals surface area (Å²) in [7, 11) is 1.65. The molecule has 0 spiro atoms. The van der Waals surface area contributed by atoms with Gasteiger partial charge in [-0.05, 0) is 56.5 Å². The number of amides is 1. The molecule has 0 unspecified atom stereocenters. The summed E-state index contributed by atoms with van der Waals surface area (Å²) in [6.45, 7) is 7.70. The average molecular weight is 374 g/mol. The Morgan fingerprint density at radius 3 is 2.61 bits per heavy atom. The van der Waals surface area contributed by atoms with E-state index in [9.17, 15) is 4.79 Å². The molecule has 0 fully saturated rings. The Hall–Kier alpha value is -3.14. The Morgan fingerprint density at radius 2 is 1.93 bits per heavy atom. The number of hydrogen-bond donors (Lipinski definition) is 0. The number of nitrogens with zero attached hydrogens (tertiary/aromatic N) is 2. The molecule has 0 aliphatic carbocycles. The van der Waals surface area contributed by atoms with Gasteiger partial charge in [0, 0.05) is 0 Å². The minimum Gasteiger partial charge on any atom is -0.497 e. The number of carbonyl (C=O) groups is 1. The van der Waals surface area contributed by atoms with Crippen LogP contribution >= 0.6 is 0 Å². The van der Waals surface area contributed by atoms with E-state index in [-0.39, 0.29) is 5.91 Å². The van der Waals surface area contributed by atoms with Crippen LogP contribution in [0.25, 0.3) is 0 Å². The van der Waals surface area contributed by atoms with Gasteiger partial charge in [0.05, 0.1) is 23.9 Å². The van der Waals surface area contributed by atoms with E-state index in [1.54, 1.807) is 13.2 Å². The second-order valence-electron chi connectivity index (χ2n) is 7.12. The number of rotatable bonds is 7. The van der Waals surface area contributed by atoms with Gasteiger partial charge in [-0.2, -0.15) is 10.1 Å². The lowest BCUT2D eigenvalue weighted by molar-refractivity contribution is -0.123. The van der Waals surface area contributed by atoms with Crippen LogP contribution < -0.4 is 9.75 Å². The van der Waals surface area contributed by atoms with Gasteiger partial charge in [0.15, 0.2) is 0 Å². The van der Waals surface area contributed by atoms with Gasteiger partial charge in [0.25, 0.3) is 5.91 Å². The van der Waals surface area contributed by atoms with Crippen molar-refractivity contribution in [1.82, 2.24) is 0 Å². The summed E-state index contributed by atoms with van der Waals surface area (Å²) in [5, 5.41) is 6.19. The van der Waals surface area contributed by atoms with Crippen LogP contribution in [0, 0.1) is 12.3 Å². The zero-order valence-corrected chi connectivity index (χ0v) is 16.7. The van der Waals surface area contributed by atoms with Gasteiger partial charge in [0.2, 0.25) is 0 Å². The van der Waals surface area contributed by atoms with Crippen LogP contribution in [0.4, 0.5) is 5.69 Å². The molecule has 4 nitrogen and oxygen atoms in total. The van der Waals surface area contributed by atoms with E-state index in [0.29, 0.717) is 12.8 Å². The summed E-state index contributed by atoms with van der Waals surface area (Å²) in [5.74, 6) is 0.773. The number of carbonyl (C=O) groups excluding carboxylic acids is 1. The summed E-state index contributed by atoms with van der Waals surface area (Å²) >= 11 is 0. The summed E-state index contributed by atoms with van der Waals surface area (Å²) in [5.41, 5.74) is 3.06. The maximum absolute atomic E-state index is 13.6. The molecule has 1 amide bonds. The van der Waals surface area contributed by atoms with Crippen LogP contribution in [-0.4, -0.2) is 18.7 Å². The Balaban J connectivity index is 1.99. The first-order chi connectivity index (χ1) is 13.5. The third-order valence-corrected chi connectivity index (χ3v) is 5.20. The van der Waals surface area contributed by atoms with Gasteiger partial charge in [-0.3, -0.25) is 4.79 Å². The van der Waals surface area contributed by atoms with Gasteiger partial charge in [-0.15, -0.1) is 0 Å². The molecular formula is C24H26N2O2. The fourth-order valence-electron chi connectivity index (χ4n) is 3.52. The van der Waals surface area contributed by atoms with Crippen LogP contribution in [0.3, 0.4) is 0 Å². The van der Waals surface area contributed by atoms with Crippen LogP contribution in [0.5, 0.6) is 5.75 Å². The lowest BCUT2D eigenvalue weighted by atomic mass is 9.74. The maximum atomic E-state index is 13.6. The lowest BCUT2D eigenvalue weighted by Gasteiger charge is -2.27. The molecule has 2 aromatic rings. The molecule has 144 valence electrons. The third kappa shape index (κ3) is 3.77. The molecule has 2 aromatic carbocycles. The minimum atomic E-state index is -0.725. The number of aryl methyl sites for hydroxylation is 1. The number of allylic oxidation sites excluding steroid dienone is 3. The molecule has 1 heterocycles. The van der Waals surface area contributed by atoms with Crippen molar-refractivity contribution in [2.75, 3.05) is 12.1 Å². The fourth-order valence-corrected chi connectivity index (χ4v) is 3.52. The van der Waals surface area contributed by atoms with E-state index >= 15 is 0 Å². The highest BCUT2D eigenvalue weighted by Gasteiger charge is 2.48. The molecule has 4 heteroatoms. The van der Waals surface area contributed by atoms with Crippen LogP contribution in [-0.2, 0) is 11.2 Å². The first kappa shape index (κ1) is 19.6. The number of hydrazone groups is 1. The van der Waals surface area contributed by atoms with Crippen LogP contribution in [0.15, 0.2) is 78.4 Å². The molecule has 28 heavy (non-hydrogen) atoms. The quantitative estimate of drug-likeness (QED) is 0.634. The number of hydrogen-bond acceptors (Lipinski definition) is 3. The fraction of sp³-hybridized carbons (Fsp3) is 0.250. The molecule has 0 radical (unpaired) electrons. The molecule has 1 aliphatic rings. The van der Waals surface area contributed by atoms with E-state index in [1.165, 1.54) is 5.01 Å². The van der Waals surface area contributed by atoms with Crippen molar-refractivity contribution in [2.45, 2.75) is 26.7 Å². The zero-order valence-electron chi connectivity index (χ0n) is 16.7. The Labute approximate surface area is 166 Å². The van der Waals surface area contributed by atoms with E-state index < -0.39 is 5.41 Å². The van der Waals surface area contributed by atoms with Gasteiger partial charge >= 0.3 is 0 Å². The van der Waals surface area contributed by atoms with Crippen molar-refractivity contribution in [2.24, 2.45) is 10.5 Å². The molecule has 0 bridgehead atoms. The largest absolute Gasteiger partial charge is 0.497 e. The molecular weight excluding hydrogens is 348 g/mol. The standard InChI is InChI=1S/C24H26N2O2/c1-5-6-7-15-24(17-20-9-8-10-22(16-20)28-4)19(3)25-26(23(24)27)21-13-11-18(2)12-14-21/h5-14,16H,1,15,17H2,2-4H3/b7-6-/t24-/m1/s1. The highest BCUT2D eigenvalue weighted by Crippen LogP contribution is 2.39. The maximum Gasteiger partial charge on any atom is 0.260 e. The first-order valence-corrected chi connectivity index (χ1v) is 9.37. The normalized spacial score (nSPS) is 19.2. The average Bonchev–Trinajstić information content (AvgIpc) is 2.94. The topological polar surface area (TPSA) is 41.9 Å². The monoisotopic (exact) mass is 374 g/mol. The predicted molar refractivity (Wildman–Crippen MR) is 115 cm³/mol. The molecule has 0 N–H and O–H groups in total. The molecule has 0 aromatic heterocycles. The van der Waals surface area contributed by atoms with Gasteiger partial charge < -0.3 is 4.74 Å². The first-order valence-electron chi connectivity index (χ1n) is 9.37. The Kier molecular flexibility index (Phi) is 5.78. The van der Waals surface area contributed by atoms with Gasteiger partial charge in [-0.1, -0.05) is 54.6 Å². The van der Waals surface area contributed by atoms with Gasteiger partial charge in [0.1, 0.15) is 5.75 Å². The molecule has 0 saturated heterocycles. The van der Waals surface area contributed by atoms with Crippen LogP contribution in [0.2, 0.25) is 0 Å². The summed E-state index contributed by atoms with van der Waals surface area (Å²) in [4.78, 5) is 13.6. The second kappa shape index (κ2) is 8.26. The highest BCUT2D eigenvalue weighted by molar-refractivity contribution is 6.18. The van der Waals surface area contributed by atoms with Crippen molar-refractivity contribution in [3.63, 3.8) is 0 Å². The van der Waals surface area contributed by atoms with Crippen molar-refractivity contribution in [1.29, 1.82) is 0 Å². The van der Waals surface area contributed by atoms with E-state index in [1.807, 2.05) is 74.5 Å². The molecule has 1 atom stereocenters. The molecule has 1 aliphatic heterocycles. The van der Waals surface area contributed by atoms with E-state index in [0.717, 1.165) is 28.3 Å². The van der Waals surface area contributed by atoms with Crippen molar-refractivity contribution < 1.29 is 9.53 Å². The third-order valence-electron chi connectivity index (χ3n) is 5.20. The summed E-state index contributed by atoms with van der Waals surface area (Å²) in [6, 6.07) is 15.7.